The number of rotatable bonds is 3. The number of methoxy groups -OCH3 is 1. The number of aromatic nitrogens is 1. The van der Waals surface area contributed by atoms with Crippen LogP contribution in [0.15, 0.2) is 66.4 Å². The Morgan fingerprint density at radius 3 is 2.86 bits per heavy atom. The number of phenols is 1. The molecule has 0 spiro atoms. The van der Waals surface area contributed by atoms with Gasteiger partial charge in [0.1, 0.15) is 11.5 Å². The third-order valence-electron chi connectivity index (χ3n) is 6.11. The molecule has 1 unspecified atom stereocenters. The number of carbonyl (C=O) groups excluding carboxylic acids is 1. The van der Waals surface area contributed by atoms with E-state index in [2.05, 4.69) is 35.0 Å². The first kappa shape index (κ1) is 17.6. The number of H-pyrrole nitrogens is 1. The highest BCUT2D eigenvalue weighted by Crippen LogP contribution is 2.43. The Balaban J connectivity index is 1.55. The van der Waals surface area contributed by atoms with E-state index in [0.29, 0.717) is 11.1 Å². The second-order valence-corrected chi connectivity index (χ2v) is 7.75. The highest BCUT2D eigenvalue weighted by atomic mass is 16.5. The highest BCUT2D eigenvalue weighted by molar-refractivity contribution is 6.12. The number of fused-ring (bicyclic) bond motifs is 5. The number of para-hydroxylation sites is 1. The summed E-state index contributed by atoms with van der Waals surface area (Å²) in [5.74, 6) is 0.681. The summed E-state index contributed by atoms with van der Waals surface area (Å²) in [6.07, 6.45) is 6.74. The number of carbonyl (C=O) groups is 1. The van der Waals surface area contributed by atoms with Gasteiger partial charge in [-0.3, -0.25) is 4.79 Å². The van der Waals surface area contributed by atoms with E-state index in [1.165, 1.54) is 17.0 Å². The number of benzene rings is 2. The van der Waals surface area contributed by atoms with Crippen molar-refractivity contribution in [3.05, 3.63) is 83.2 Å². The number of hydrogen-bond donors (Lipinski definition) is 2. The molecule has 1 atom stereocenters. The van der Waals surface area contributed by atoms with E-state index < -0.39 is 0 Å². The fourth-order valence-corrected chi connectivity index (χ4v) is 4.45. The van der Waals surface area contributed by atoms with Gasteiger partial charge in [-0.05, 0) is 49.2 Å². The molecule has 0 fully saturated rings. The van der Waals surface area contributed by atoms with E-state index in [4.69, 9.17) is 4.74 Å². The van der Waals surface area contributed by atoms with Crippen molar-refractivity contribution in [1.82, 2.24) is 9.88 Å². The van der Waals surface area contributed by atoms with Crippen molar-refractivity contribution in [3.63, 3.8) is 0 Å². The maximum atomic E-state index is 12.9. The lowest BCUT2D eigenvalue weighted by Gasteiger charge is -2.44. The Morgan fingerprint density at radius 1 is 1.24 bits per heavy atom. The summed E-state index contributed by atoms with van der Waals surface area (Å²) >= 11 is 0. The van der Waals surface area contributed by atoms with Gasteiger partial charge in [0.15, 0.2) is 5.78 Å². The van der Waals surface area contributed by atoms with Crippen LogP contribution in [0.4, 0.5) is 0 Å². The van der Waals surface area contributed by atoms with Gasteiger partial charge >= 0.3 is 0 Å². The first-order valence-electron chi connectivity index (χ1n) is 9.71. The van der Waals surface area contributed by atoms with Gasteiger partial charge in [-0.2, -0.15) is 0 Å². The predicted molar refractivity (Wildman–Crippen MR) is 112 cm³/mol. The standard InChI is InChI=1S/C24H22N2O3/c1-24-11-9-15(22(28)18-5-3-4-6-21(18)27)14-26(24)12-10-17-19-13-16(29-2)7-8-20(19)25-23(17)24/h3-9,11,13-14,25,27H,10,12H2,1-2H3. The number of ether oxygens (including phenoxy) is 1. The van der Waals surface area contributed by atoms with Crippen molar-refractivity contribution >= 4 is 16.7 Å². The normalized spacial score (nSPS) is 20.2. The Bertz CT molecular complexity index is 1200. The highest BCUT2D eigenvalue weighted by Gasteiger charge is 2.40. The van der Waals surface area contributed by atoms with Crippen LogP contribution in [0.5, 0.6) is 11.5 Å². The summed E-state index contributed by atoms with van der Waals surface area (Å²) < 4.78 is 5.40. The van der Waals surface area contributed by atoms with Gasteiger partial charge < -0.3 is 19.7 Å². The Kier molecular flexibility index (Phi) is 3.81. The van der Waals surface area contributed by atoms with Crippen LogP contribution in [0, 0.1) is 0 Å². The van der Waals surface area contributed by atoms with Crippen LogP contribution >= 0.6 is 0 Å². The lowest BCUT2D eigenvalue weighted by atomic mass is 9.83. The predicted octanol–water partition coefficient (Wildman–Crippen LogP) is 4.29. The topological polar surface area (TPSA) is 65.6 Å². The van der Waals surface area contributed by atoms with Gasteiger partial charge in [0, 0.05) is 34.9 Å². The summed E-state index contributed by atoms with van der Waals surface area (Å²) in [5, 5.41) is 11.2. The van der Waals surface area contributed by atoms with E-state index >= 15 is 0 Å². The van der Waals surface area contributed by atoms with Crippen LogP contribution in [-0.4, -0.2) is 34.4 Å². The Morgan fingerprint density at radius 2 is 2.07 bits per heavy atom. The molecule has 5 nitrogen and oxygen atoms in total. The zero-order valence-electron chi connectivity index (χ0n) is 16.4. The molecule has 0 bridgehead atoms. The van der Waals surface area contributed by atoms with Crippen molar-refractivity contribution in [2.24, 2.45) is 0 Å². The average molecular weight is 386 g/mol. The number of nitrogens with zero attached hydrogens (tertiary/aromatic N) is 1. The zero-order chi connectivity index (χ0) is 20.2. The van der Waals surface area contributed by atoms with E-state index in [1.54, 1.807) is 25.3 Å². The second kappa shape index (κ2) is 6.27. The minimum Gasteiger partial charge on any atom is -0.507 e. The summed E-state index contributed by atoms with van der Waals surface area (Å²) in [6.45, 7) is 2.96. The van der Waals surface area contributed by atoms with Gasteiger partial charge in [-0.15, -0.1) is 0 Å². The van der Waals surface area contributed by atoms with Crippen LogP contribution in [0.25, 0.3) is 10.9 Å². The number of phenolic OH excluding ortho intramolecular Hbond substituents is 1. The van der Waals surface area contributed by atoms with Crippen molar-refractivity contribution < 1.29 is 14.6 Å². The van der Waals surface area contributed by atoms with Crippen LogP contribution in [0.3, 0.4) is 0 Å². The quantitative estimate of drug-likeness (QED) is 0.659. The van der Waals surface area contributed by atoms with Crippen LogP contribution < -0.4 is 4.74 Å². The molecular weight excluding hydrogens is 364 g/mol. The smallest absolute Gasteiger partial charge is 0.198 e. The van der Waals surface area contributed by atoms with Crippen LogP contribution in [-0.2, 0) is 12.0 Å². The van der Waals surface area contributed by atoms with Gasteiger partial charge in [0.25, 0.3) is 0 Å². The van der Waals surface area contributed by atoms with E-state index in [0.717, 1.165) is 29.9 Å². The second-order valence-electron chi connectivity index (χ2n) is 7.75. The third-order valence-corrected chi connectivity index (χ3v) is 6.11. The molecule has 3 aromatic rings. The molecule has 2 aliphatic heterocycles. The molecule has 5 heteroatoms. The lowest BCUT2D eigenvalue weighted by molar-refractivity contribution is 0.102. The summed E-state index contributed by atoms with van der Waals surface area (Å²) in [5.41, 5.74) is 4.07. The minimum absolute atomic E-state index is 0.00521. The molecule has 146 valence electrons. The first-order valence-corrected chi connectivity index (χ1v) is 9.71. The molecule has 2 aromatic carbocycles. The number of aromatic hydroxyl groups is 1. The molecule has 0 saturated carbocycles. The van der Waals surface area contributed by atoms with Crippen molar-refractivity contribution in [2.45, 2.75) is 18.9 Å². The summed E-state index contributed by atoms with van der Waals surface area (Å²) in [7, 11) is 1.68. The number of allylic oxidation sites excluding steroid dienone is 2. The molecule has 0 radical (unpaired) electrons. The molecule has 3 heterocycles. The fraction of sp³-hybridized carbons (Fsp3) is 0.208. The van der Waals surface area contributed by atoms with Crippen LogP contribution in [0.1, 0.15) is 28.5 Å². The van der Waals surface area contributed by atoms with E-state index in [9.17, 15) is 9.90 Å². The maximum absolute atomic E-state index is 12.9. The number of Topliss-reactive ketones (excluding diaryl/α,β-unsaturated/α-hetero) is 1. The zero-order valence-corrected chi connectivity index (χ0v) is 16.4. The molecule has 1 aromatic heterocycles. The molecule has 0 amide bonds. The van der Waals surface area contributed by atoms with Crippen LogP contribution in [0.2, 0.25) is 0 Å². The first-order chi connectivity index (χ1) is 14.0. The number of ketones is 1. The van der Waals surface area contributed by atoms with E-state index in [-0.39, 0.29) is 17.1 Å². The van der Waals surface area contributed by atoms with Gasteiger partial charge in [0.05, 0.1) is 18.2 Å². The number of hydrogen-bond acceptors (Lipinski definition) is 4. The number of nitrogens with one attached hydrogen (secondary N) is 1. The third kappa shape index (κ3) is 2.58. The molecule has 2 aliphatic rings. The van der Waals surface area contributed by atoms with Crippen molar-refractivity contribution in [2.75, 3.05) is 13.7 Å². The molecule has 0 saturated heterocycles. The average Bonchev–Trinajstić information content (AvgIpc) is 3.12. The monoisotopic (exact) mass is 386 g/mol. The van der Waals surface area contributed by atoms with Gasteiger partial charge in [-0.1, -0.05) is 24.3 Å². The summed E-state index contributed by atoms with van der Waals surface area (Å²) in [6, 6.07) is 12.8. The Hall–Kier alpha value is -3.47. The van der Waals surface area contributed by atoms with E-state index in [1.807, 2.05) is 18.3 Å². The molecular formula is C24H22N2O3. The van der Waals surface area contributed by atoms with Crippen molar-refractivity contribution in [3.8, 4) is 11.5 Å². The van der Waals surface area contributed by atoms with Crippen molar-refractivity contribution in [1.29, 1.82) is 0 Å². The SMILES string of the molecule is COc1ccc2[nH]c3c(c2c1)CCN1C=C(C(=O)c2ccccc2O)C=CC31C. The lowest BCUT2D eigenvalue weighted by Crippen LogP contribution is -2.46. The minimum atomic E-state index is -0.359. The van der Waals surface area contributed by atoms with Gasteiger partial charge in [0.2, 0.25) is 0 Å². The molecule has 29 heavy (non-hydrogen) atoms. The molecule has 0 aliphatic carbocycles. The summed E-state index contributed by atoms with van der Waals surface area (Å²) in [4.78, 5) is 18.7. The number of aromatic amines is 1. The maximum Gasteiger partial charge on any atom is 0.198 e. The largest absolute Gasteiger partial charge is 0.507 e. The van der Waals surface area contributed by atoms with Gasteiger partial charge in [-0.25, -0.2) is 0 Å². The Labute approximate surface area is 168 Å². The molecule has 5 rings (SSSR count). The molecule has 2 N–H and O–H groups in total. The fourth-order valence-electron chi connectivity index (χ4n) is 4.45.